The molecule has 0 aliphatic carbocycles. The van der Waals surface area contributed by atoms with E-state index in [1.54, 1.807) is 30.3 Å². The van der Waals surface area contributed by atoms with Crippen LogP contribution in [0, 0.1) is 0 Å². The Balaban J connectivity index is 1.76. The number of aromatic nitrogens is 2. The smallest absolute Gasteiger partial charge is 0.278 e. The van der Waals surface area contributed by atoms with Gasteiger partial charge in [0.05, 0.1) is 23.9 Å². The number of nitrogens with zero attached hydrogens (tertiary/aromatic N) is 3. The van der Waals surface area contributed by atoms with E-state index in [9.17, 15) is 4.79 Å². The van der Waals surface area contributed by atoms with E-state index in [0.717, 1.165) is 21.5 Å². The minimum Gasteiger partial charge on any atom is -0.497 e. The van der Waals surface area contributed by atoms with E-state index in [2.05, 4.69) is 9.97 Å². The molecule has 134 valence electrons. The van der Waals surface area contributed by atoms with Crippen LogP contribution in [0.3, 0.4) is 0 Å². The molecule has 0 saturated heterocycles. The molecule has 2 heterocycles. The number of ether oxygens (including phenoxy) is 1. The first-order chi connectivity index (χ1) is 13.2. The van der Waals surface area contributed by atoms with Crippen LogP contribution >= 0.6 is 11.3 Å². The van der Waals surface area contributed by atoms with Crippen molar-refractivity contribution in [2.24, 2.45) is 0 Å². The highest BCUT2D eigenvalue weighted by atomic mass is 32.1. The van der Waals surface area contributed by atoms with Gasteiger partial charge in [-0.3, -0.25) is 14.7 Å². The quantitative estimate of drug-likeness (QED) is 0.514. The second-order valence-electron chi connectivity index (χ2n) is 5.92. The summed E-state index contributed by atoms with van der Waals surface area (Å²) in [5.74, 6) is 0.592. The SMILES string of the molecule is COc1ccc2nc(N(Cc3ccccc3)C(=O)c3ccccn3)sc2c1. The molecule has 0 radical (unpaired) electrons. The van der Waals surface area contributed by atoms with Crippen molar-refractivity contribution in [1.29, 1.82) is 0 Å². The summed E-state index contributed by atoms with van der Waals surface area (Å²) >= 11 is 1.46. The van der Waals surface area contributed by atoms with Gasteiger partial charge in [-0.1, -0.05) is 47.7 Å². The van der Waals surface area contributed by atoms with Gasteiger partial charge in [0.25, 0.3) is 5.91 Å². The van der Waals surface area contributed by atoms with Crippen LogP contribution in [0.2, 0.25) is 0 Å². The van der Waals surface area contributed by atoms with E-state index in [1.807, 2.05) is 54.6 Å². The Kier molecular flexibility index (Phi) is 4.80. The molecule has 0 aliphatic rings. The number of benzene rings is 2. The average molecular weight is 375 g/mol. The molecule has 27 heavy (non-hydrogen) atoms. The molecule has 4 rings (SSSR count). The molecule has 0 spiro atoms. The number of fused-ring (bicyclic) bond motifs is 1. The van der Waals surface area contributed by atoms with E-state index in [1.165, 1.54) is 11.3 Å². The van der Waals surface area contributed by atoms with Crippen LogP contribution in [-0.4, -0.2) is 23.0 Å². The lowest BCUT2D eigenvalue weighted by Crippen LogP contribution is -2.31. The molecular weight excluding hydrogens is 358 g/mol. The van der Waals surface area contributed by atoms with Crippen LogP contribution in [0.1, 0.15) is 16.1 Å². The fraction of sp³-hybridized carbons (Fsp3) is 0.0952. The fourth-order valence-corrected chi connectivity index (χ4v) is 3.75. The maximum Gasteiger partial charge on any atom is 0.278 e. The highest BCUT2D eigenvalue weighted by molar-refractivity contribution is 7.22. The number of carbonyl (C=O) groups is 1. The average Bonchev–Trinajstić information content (AvgIpc) is 3.15. The van der Waals surface area contributed by atoms with Crippen molar-refractivity contribution < 1.29 is 9.53 Å². The van der Waals surface area contributed by atoms with Crippen molar-refractivity contribution in [3.05, 3.63) is 84.2 Å². The lowest BCUT2D eigenvalue weighted by Gasteiger charge is -2.19. The zero-order valence-corrected chi connectivity index (χ0v) is 15.5. The van der Waals surface area contributed by atoms with E-state index in [4.69, 9.17) is 4.74 Å². The summed E-state index contributed by atoms with van der Waals surface area (Å²) in [6, 6.07) is 20.9. The third-order valence-electron chi connectivity index (χ3n) is 4.13. The Morgan fingerprint density at radius 1 is 1.07 bits per heavy atom. The number of rotatable bonds is 5. The number of hydrogen-bond acceptors (Lipinski definition) is 5. The van der Waals surface area contributed by atoms with E-state index in [-0.39, 0.29) is 5.91 Å². The Morgan fingerprint density at radius 2 is 1.89 bits per heavy atom. The topological polar surface area (TPSA) is 55.3 Å². The first-order valence-electron chi connectivity index (χ1n) is 8.46. The normalized spacial score (nSPS) is 10.7. The van der Waals surface area contributed by atoms with Gasteiger partial charge in [0.1, 0.15) is 11.4 Å². The molecule has 5 nitrogen and oxygen atoms in total. The first kappa shape index (κ1) is 17.2. The molecule has 2 aromatic carbocycles. The highest BCUT2D eigenvalue weighted by Crippen LogP contribution is 2.32. The van der Waals surface area contributed by atoms with E-state index < -0.39 is 0 Å². The molecule has 0 bridgehead atoms. The number of carbonyl (C=O) groups excluding carboxylic acids is 1. The summed E-state index contributed by atoms with van der Waals surface area (Å²) in [7, 11) is 1.63. The number of anilines is 1. The van der Waals surface area contributed by atoms with Crippen molar-refractivity contribution in [1.82, 2.24) is 9.97 Å². The molecule has 0 saturated carbocycles. The lowest BCUT2D eigenvalue weighted by molar-refractivity contribution is 0.0980. The molecule has 0 N–H and O–H groups in total. The molecule has 0 unspecified atom stereocenters. The Labute approximate surface area is 160 Å². The molecule has 1 amide bonds. The molecular formula is C21H17N3O2S. The number of thiazole rings is 1. The molecule has 2 aromatic heterocycles. The monoisotopic (exact) mass is 375 g/mol. The van der Waals surface area contributed by atoms with Crippen molar-refractivity contribution in [3.63, 3.8) is 0 Å². The highest BCUT2D eigenvalue weighted by Gasteiger charge is 2.22. The van der Waals surface area contributed by atoms with Crippen LogP contribution in [0.25, 0.3) is 10.2 Å². The van der Waals surface area contributed by atoms with Crippen LogP contribution in [0.5, 0.6) is 5.75 Å². The van der Waals surface area contributed by atoms with Crippen molar-refractivity contribution in [2.75, 3.05) is 12.0 Å². The van der Waals surface area contributed by atoms with Gasteiger partial charge in [-0.2, -0.15) is 0 Å². The predicted octanol–water partition coefficient (Wildman–Crippen LogP) is 4.55. The first-order valence-corrected chi connectivity index (χ1v) is 9.27. The fourth-order valence-electron chi connectivity index (χ4n) is 2.76. The van der Waals surface area contributed by atoms with Crippen LogP contribution < -0.4 is 9.64 Å². The second-order valence-corrected chi connectivity index (χ2v) is 6.93. The summed E-state index contributed by atoms with van der Waals surface area (Å²) in [5, 5.41) is 0.637. The van der Waals surface area contributed by atoms with Crippen molar-refractivity contribution in [3.8, 4) is 5.75 Å². The van der Waals surface area contributed by atoms with E-state index in [0.29, 0.717) is 17.4 Å². The van der Waals surface area contributed by atoms with Crippen molar-refractivity contribution in [2.45, 2.75) is 6.54 Å². The van der Waals surface area contributed by atoms with Gasteiger partial charge in [0, 0.05) is 6.20 Å². The maximum absolute atomic E-state index is 13.2. The molecule has 0 atom stereocenters. The van der Waals surface area contributed by atoms with Gasteiger partial charge in [0.15, 0.2) is 5.13 Å². The number of hydrogen-bond donors (Lipinski definition) is 0. The second kappa shape index (κ2) is 7.55. The third-order valence-corrected chi connectivity index (χ3v) is 5.17. The molecule has 6 heteroatoms. The zero-order valence-electron chi connectivity index (χ0n) is 14.7. The maximum atomic E-state index is 13.2. The summed E-state index contributed by atoms with van der Waals surface area (Å²) < 4.78 is 6.26. The van der Waals surface area contributed by atoms with Gasteiger partial charge in [-0.25, -0.2) is 4.98 Å². The Bertz CT molecular complexity index is 1060. The predicted molar refractivity (Wildman–Crippen MR) is 107 cm³/mol. The standard InChI is InChI=1S/C21H17N3O2S/c1-26-16-10-11-17-19(13-16)27-21(23-17)24(14-15-7-3-2-4-8-15)20(25)18-9-5-6-12-22-18/h2-13H,14H2,1H3. The van der Waals surface area contributed by atoms with Gasteiger partial charge in [-0.05, 0) is 35.9 Å². The molecule has 0 fully saturated rings. The minimum absolute atomic E-state index is 0.175. The largest absolute Gasteiger partial charge is 0.497 e. The summed E-state index contributed by atoms with van der Waals surface area (Å²) in [6.45, 7) is 0.424. The number of pyridine rings is 1. The summed E-state index contributed by atoms with van der Waals surface area (Å²) in [6.07, 6.45) is 1.62. The Hall–Kier alpha value is -3.25. The number of methoxy groups -OCH3 is 1. The van der Waals surface area contributed by atoms with Crippen LogP contribution in [0.15, 0.2) is 72.9 Å². The summed E-state index contributed by atoms with van der Waals surface area (Å²) in [5.41, 5.74) is 2.26. The molecule has 0 aliphatic heterocycles. The van der Waals surface area contributed by atoms with E-state index >= 15 is 0 Å². The van der Waals surface area contributed by atoms with Gasteiger partial charge in [0.2, 0.25) is 0 Å². The van der Waals surface area contributed by atoms with Crippen LogP contribution in [-0.2, 0) is 6.54 Å². The molecule has 4 aromatic rings. The minimum atomic E-state index is -0.175. The number of amides is 1. The van der Waals surface area contributed by atoms with Crippen molar-refractivity contribution >= 4 is 32.6 Å². The summed E-state index contributed by atoms with van der Waals surface area (Å²) in [4.78, 5) is 23.7. The lowest BCUT2D eigenvalue weighted by atomic mass is 10.2. The van der Waals surface area contributed by atoms with Gasteiger partial charge < -0.3 is 4.74 Å². The van der Waals surface area contributed by atoms with Crippen LogP contribution in [0.4, 0.5) is 5.13 Å². The Morgan fingerprint density at radius 3 is 2.63 bits per heavy atom. The van der Waals surface area contributed by atoms with Gasteiger partial charge in [-0.15, -0.1) is 0 Å². The zero-order chi connectivity index (χ0) is 18.6. The van der Waals surface area contributed by atoms with Gasteiger partial charge >= 0.3 is 0 Å². The third kappa shape index (κ3) is 3.66.